The van der Waals surface area contributed by atoms with E-state index in [0.717, 1.165) is 48.7 Å². The average Bonchev–Trinajstić information content (AvgIpc) is 3.07. The minimum Gasteiger partial charge on any atom is -0.353 e. The van der Waals surface area contributed by atoms with Gasteiger partial charge in [0.05, 0.1) is 5.69 Å². The predicted octanol–water partition coefficient (Wildman–Crippen LogP) is 3.43. The molecule has 1 aliphatic heterocycles. The van der Waals surface area contributed by atoms with Crippen LogP contribution in [0.5, 0.6) is 0 Å². The number of anilines is 1. The van der Waals surface area contributed by atoms with Gasteiger partial charge in [0.2, 0.25) is 0 Å². The Hall–Kier alpha value is -3.08. The lowest BCUT2D eigenvalue weighted by atomic mass is 10.1. The highest BCUT2D eigenvalue weighted by molar-refractivity contribution is 5.94. The van der Waals surface area contributed by atoms with E-state index >= 15 is 0 Å². The van der Waals surface area contributed by atoms with Gasteiger partial charge in [-0.25, -0.2) is 0 Å². The molecule has 1 aromatic heterocycles. The number of nitrogens with zero attached hydrogens (tertiary/aromatic N) is 3. The number of aromatic amines is 1. The first-order valence-corrected chi connectivity index (χ1v) is 9.01. The summed E-state index contributed by atoms with van der Waals surface area (Å²) in [5, 5.41) is 7.61. The van der Waals surface area contributed by atoms with Gasteiger partial charge in [-0.15, -0.1) is 0 Å². The zero-order valence-electron chi connectivity index (χ0n) is 14.6. The second-order valence-electron chi connectivity index (χ2n) is 6.50. The molecule has 1 fully saturated rings. The molecule has 4 rings (SSSR count). The van der Waals surface area contributed by atoms with Crippen LogP contribution in [0.4, 0.5) is 5.82 Å². The van der Waals surface area contributed by atoms with Crippen LogP contribution in [0.3, 0.4) is 0 Å². The van der Waals surface area contributed by atoms with Crippen LogP contribution in [0.1, 0.15) is 16.8 Å². The van der Waals surface area contributed by atoms with E-state index in [4.69, 9.17) is 0 Å². The Morgan fingerprint density at radius 1 is 0.885 bits per heavy atom. The normalized spacial score (nSPS) is 14.9. The highest BCUT2D eigenvalue weighted by Gasteiger charge is 2.21. The molecule has 0 aliphatic carbocycles. The monoisotopic (exact) mass is 346 g/mol. The first-order valence-electron chi connectivity index (χ1n) is 9.01. The van der Waals surface area contributed by atoms with Crippen molar-refractivity contribution in [1.82, 2.24) is 15.1 Å². The molecule has 1 amide bonds. The van der Waals surface area contributed by atoms with Gasteiger partial charge in [0.15, 0.2) is 5.82 Å². The van der Waals surface area contributed by atoms with E-state index in [0.29, 0.717) is 6.54 Å². The van der Waals surface area contributed by atoms with E-state index in [-0.39, 0.29) is 5.91 Å². The van der Waals surface area contributed by atoms with E-state index in [2.05, 4.69) is 33.3 Å². The molecule has 26 heavy (non-hydrogen) atoms. The number of carbonyl (C=O) groups is 1. The van der Waals surface area contributed by atoms with Crippen molar-refractivity contribution in [2.75, 3.05) is 31.1 Å². The average molecular weight is 346 g/mol. The Bertz CT molecular complexity index is 860. The zero-order valence-corrected chi connectivity index (χ0v) is 14.6. The van der Waals surface area contributed by atoms with Crippen molar-refractivity contribution in [3.63, 3.8) is 0 Å². The summed E-state index contributed by atoms with van der Waals surface area (Å²) in [4.78, 5) is 16.9. The number of amides is 1. The van der Waals surface area contributed by atoms with Gasteiger partial charge < -0.3 is 9.80 Å². The van der Waals surface area contributed by atoms with E-state index in [1.165, 1.54) is 0 Å². The minimum absolute atomic E-state index is 0.111. The quantitative estimate of drug-likeness (QED) is 0.790. The summed E-state index contributed by atoms with van der Waals surface area (Å²) in [6.07, 6.45) is 0.937. The van der Waals surface area contributed by atoms with Crippen LogP contribution in [0, 0.1) is 0 Å². The molecule has 1 aliphatic rings. The molecule has 0 unspecified atom stereocenters. The lowest BCUT2D eigenvalue weighted by molar-refractivity contribution is 0.0767. The zero-order chi connectivity index (χ0) is 17.8. The molecule has 5 nitrogen and oxygen atoms in total. The Morgan fingerprint density at radius 2 is 1.62 bits per heavy atom. The smallest absolute Gasteiger partial charge is 0.253 e. The summed E-state index contributed by atoms with van der Waals surface area (Å²) in [5.74, 6) is 1.05. The number of nitrogens with one attached hydrogen (secondary N) is 1. The number of hydrogen-bond acceptors (Lipinski definition) is 3. The molecule has 0 spiro atoms. The maximum Gasteiger partial charge on any atom is 0.253 e. The standard InChI is InChI=1S/C21H22N4O/c26-21(18-10-5-2-6-11-18)25-13-7-12-24(14-15-25)20-16-19(22-23-20)17-8-3-1-4-9-17/h1-6,8-11,16H,7,12-15H2,(H,22,23). The largest absolute Gasteiger partial charge is 0.353 e. The van der Waals surface area contributed by atoms with Crippen LogP contribution < -0.4 is 4.90 Å². The summed E-state index contributed by atoms with van der Waals surface area (Å²) in [6.45, 7) is 3.18. The fourth-order valence-electron chi connectivity index (χ4n) is 3.35. The maximum absolute atomic E-state index is 12.7. The molecule has 0 bridgehead atoms. The molecular weight excluding hydrogens is 324 g/mol. The van der Waals surface area contributed by atoms with Crippen LogP contribution in [0.25, 0.3) is 11.3 Å². The molecule has 1 saturated heterocycles. The van der Waals surface area contributed by atoms with Crippen LogP contribution in [-0.4, -0.2) is 47.2 Å². The van der Waals surface area contributed by atoms with E-state index in [9.17, 15) is 4.79 Å². The summed E-state index contributed by atoms with van der Waals surface area (Å²) in [6, 6.07) is 21.8. The van der Waals surface area contributed by atoms with Gasteiger partial charge in [0.25, 0.3) is 5.91 Å². The molecule has 0 radical (unpaired) electrons. The van der Waals surface area contributed by atoms with Crippen molar-refractivity contribution < 1.29 is 4.79 Å². The second kappa shape index (κ2) is 7.44. The van der Waals surface area contributed by atoms with Gasteiger partial charge >= 0.3 is 0 Å². The predicted molar refractivity (Wildman–Crippen MR) is 103 cm³/mol. The van der Waals surface area contributed by atoms with E-state index < -0.39 is 0 Å². The van der Waals surface area contributed by atoms with Crippen molar-refractivity contribution in [2.24, 2.45) is 0 Å². The molecule has 3 aromatic rings. The number of benzene rings is 2. The van der Waals surface area contributed by atoms with E-state index in [1.54, 1.807) is 0 Å². The maximum atomic E-state index is 12.7. The van der Waals surface area contributed by atoms with Crippen LogP contribution in [0.2, 0.25) is 0 Å². The number of hydrogen-bond donors (Lipinski definition) is 1. The number of H-pyrrole nitrogens is 1. The van der Waals surface area contributed by atoms with E-state index in [1.807, 2.05) is 53.4 Å². The third-order valence-corrected chi connectivity index (χ3v) is 4.78. The number of carbonyl (C=O) groups excluding carboxylic acids is 1. The van der Waals surface area contributed by atoms with Gasteiger partial charge in [-0.05, 0) is 24.1 Å². The second-order valence-corrected chi connectivity index (χ2v) is 6.50. The minimum atomic E-state index is 0.111. The number of aromatic nitrogens is 2. The van der Waals surface area contributed by atoms with Crippen LogP contribution >= 0.6 is 0 Å². The van der Waals surface area contributed by atoms with Crippen molar-refractivity contribution >= 4 is 11.7 Å². The van der Waals surface area contributed by atoms with Gasteiger partial charge in [-0.3, -0.25) is 9.89 Å². The third-order valence-electron chi connectivity index (χ3n) is 4.78. The van der Waals surface area contributed by atoms with Crippen molar-refractivity contribution in [1.29, 1.82) is 0 Å². The first kappa shape index (κ1) is 16.4. The Kier molecular flexibility index (Phi) is 4.69. The van der Waals surface area contributed by atoms with Crippen molar-refractivity contribution in [2.45, 2.75) is 6.42 Å². The number of rotatable bonds is 3. The summed E-state index contributed by atoms with van der Waals surface area (Å²) < 4.78 is 0. The summed E-state index contributed by atoms with van der Waals surface area (Å²) >= 11 is 0. The highest BCUT2D eigenvalue weighted by Crippen LogP contribution is 2.22. The van der Waals surface area contributed by atoms with Gasteiger partial charge in [0.1, 0.15) is 0 Å². The lowest BCUT2D eigenvalue weighted by Gasteiger charge is -2.22. The SMILES string of the molecule is O=C(c1ccccc1)N1CCCN(c2cc(-c3ccccc3)[nH]n2)CC1. The van der Waals surface area contributed by atoms with Crippen molar-refractivity contribution in [3.8, 4) is 11.3 Å². The fourth-order valence-corrected chi connectivity index (χ4v) is 3.35. The molecule has 1 N–H and O–H groups in total. The fraction of sp³-hybridized carbons (Fsp3) is 0.238. The Balaban J connectivity index is 1.44. The van der Waals surface area contributed by atoms with Gasteiger partial charge in [-0.1, -0.05) is 48.5 Å². The molecule has 132 valence electrons. The topological polar surface area (TPSA) is 52.2 Å². The third kappa shape index (κ3) is 3.47. The van der Waals surface area contributed by atoms with Gasteiger partial charge in [-0.2, -0.15) is 5.10 Å². The van der Waals surface area contributed by atoms with Crippen molar-refractivity contribution in [3.05, 3.63) is 72.3 Å². The molecule has 2 heterocycles. The van der Waals surface area contributed by atoms with Crippen LogP contribution in [-0.2, 0) is 0 Å². The Labute approximate surface area is 153 Å². The summed E-state index contributed by atoms with van der Waals surface area (Å²) in [5.41, 5.74) is 2.90. The molecule has 0 saturated carbocycles. The Morgan fingerprint density at radius 3 is 2.38 bits per heavy atom. The lowest BCUT2D eigenvalue weighted by Crippen LogP contribution is -2.35. The highest BCUT2D eigenvalue weighted by atomic mass is 16.2. The molecule has 5 heteroatoms. The first-order chi connectivity index (χ1) is 12.8. The summed E-state index contributed by atoms with van der Waals surface area (Å²) in [7, 11) is 0. The molecule has 0 atom stereocenters. The van der Waals surface area contributed by atoms with Gasteiger partial charge in [0, 0.05) is 37.8 Å². The molecular formula is C21H22N4O. The van der Waals surface area contributed by atoms with Crippen LogP contribution in [0.15, 0.2) is 66.7 Å². The molecule has 2 aromatic carbocycles.